The van der Waals surface area contributed by atoms with Crippen LogP contribution in [-0.4, -0.2) is 30.8 Å². The maximum atomic E-state index is 13.2. The molecule has 154 valence electrons. The molecule has 7 nitrogen and oxygen atoms in total. The number of nitrogens with one attached hydrogen (secondary N) is 1. The van der Waals surface area contributed by atoms with Crippen LogP contribution in [0.2, 0.25) is 0 Å². The third kappa shape index (κ3) is 3.73. The number of carbonyl (C=O) groups excluding carboxylic acids is 1. The van der Waals surface area contributed by atoms with Crippen LogP contribution in [0.4, 0.5) is 0 Å². The van der Waals surface area contributed by atoms with Gasteiger partial charge in [-0.3, -0.25) is 14.0 Å². The zero-order valence-corrected chi connectivity index (χ0v) is 17.9. The number of benzene rings is 2. The highest BCUT2D eigenvalue weighted by Crippen LogP contribution is 2.23. The summed E-state index contributed by atoms with van der Waals surface area (Å²) in [5.74, 6) is 0.526. The Kier molecular flexibility index (Phi) is 5.27. The molecule has 0 saturated heterocycles. The fourth-order valence-corrected chi connectivity index (χ4v) is 4.78. The average molecular weight is 448 g/mol. The summed E-state index contributed by atoms with van der Waals surface area (Å²) in [7, 11) is 0. The molecule has 0 unspecified atom stereocenters. The van der Waals surface area contributed by atoms with Crippen LogP contribution in [0, 0.1) is 0 Å². The first-order valence-electron chi connectivity index (χ1n) is 9.58. The summed E-state index contributed by atoms with van der Waals surface area (Å²) in [6.07, 6.45) is 0. The molecular formula is C22H17N5O2S2. The quantitative estimate of drug-likeness (QED) is 0.403. The van der Waals surface area contributed by atoms with Crippen molar-refractivity contribution in [2.75, 3.05) is 5.75 Å². The molecule has 0 bridgehead atoms. The van der Waals surface area contributed by atoms with Gasteiger partial charge in [-0.25, -0.2) is 4.57 Å². The number of hydrogen-bond acceptors (Lipinski definition) is 6. The van der Waals surface area contributed by atoms with E-state index in [0.29, 0.717) is 34.1 Å². The van der Waals surface area contributed by atoms with Gasteiger partial charge < -0.3 is 5.32 Å². The zero-order chi connectivity index (χ0) is 21.2. The Hall–Kier alpha value is -3.43. The van der Waals surface area contributed by atoms with Crippen LogP contribution >= 0.6 is 23.1 Å². The Labute approximate surface area is 185 Å². The van der Waals surface area contributed by atoms with E-state index in [1.807, 2.05) is 70.4 Å². The molecule has 5 rings (SSSR count). The second-order valence-electron chi connectivity index (χ2n) is 6.76. The minimum Gasteiger partial charge on any atom is -0.350 e. The van der Waals surface area contributed by atoms with Crippen molar-refractivity contribution in [1.29, 1.82) is 0 Å². The fourth-order valence-electron chi connectivity index (χ4n) is 3.36. The lowest BCUT2D eigenvalue weighted by Crippen LogP contribution is -2.24. The molecule has 5 aromatic rings. The van der Waals surface area contributed by atoms with Crippen LogP contribution < -0.4 is 10.9 Å². The third-order valence-corrected chi connectivity index (χ3v) is 6.59. The van der Waals surface area contributed by atoms with Crippen molar-refractivity contribution in [3.63, 3.8) is 0 Å². The van der Waals surface area contributed by atoms with E-state index in [-0.39, 0.29) is 17.2 Å². The van der Waals surface area contributed by atoms with Crippen LogP contribution in [-0.2, 0) is 11.3 Å². The highest BCUT2D eigenvalue weighted by molar-refractivity contribution is 7.99. The number of thioether (sulfide) groups is 1. The Morgan fingerprint density at radius 1 is 1.00 bits per heavy atom. The number of aromatic nitrogens is 4. The highest BCUT2D eigenvalue weighted by Gasteiger charge is 2.18. The number of rotatable bonds is 6. The summed E-state index contributed by atoms with van der Waals surface area (Å²) >= 11 is 2.90. The Morgan fingerprint density at radius 2 is 1.81 bits per heavy atom. The molecule has 0 aliphatic heterocycles. The predicted molar refractivity (Wildman–Crippen MR) is 123 cm³/mol. The van der Waals surface area contributed by atoms with Gasteiger partial charge in [0.25, 0.3) is 5.56 Å². The van der Waals surface area contributed by atoms with E-state index < -0.39 is 0 Å². The number of hydrogen-bond donors (Lipinski definition) is 1. The normalized spacial score (nSPS) is 11.2. The molecule has 31 heavy (non-hydrogen) atoms. The van der Waals surface area contributed by atoms with Crippen molar-refractivity contribution in [1.82, 2.24) is 24.5 Å². The van der Waals surface area contributed by atoms with Crippen LogP contribution in [0.25, 0.3) is 22.4 Å². The van der Waals surface area contributed by atoms with Gasteiger partial charge in [0.05, 0.1) is 28.9 Å². The van der Waals surface area contributed by atoms with Gasteiger partial charge in [-0.05, 0) is 35.7 Å². The van der Waals surface area contributed by atoms with Gasteiger partial charge >= 0.3 is 0 Å². The highest BCUT2D eigenvalue weighted by atomic mass is 32.2. The first-order valence-corrected chi connectivity index (χ1v) is 11.4. The van der Waals surface area contributed by atoms with Crippen molar-refractivity contribution in [2.45, 2.75) is 11.7 Å². The van der Waals surface area contributed by atoms with Crippen LogP contribution in [0.3, 0.4) is 0 Å². The molecular weight excluding hydrogens is 430 g/mol. The molecule has 0 aliphatic rings. The SMILES string of the molecule is O=C(CSc1nnc2n(-c3ccccc3)c(=O)c3ccccc3n12)NCc1cccs1. The molecule has 0 atom stereocenters. The molecule has 0 saturated carbocycles. The Bertz CT molecular complexity index is 1430. The molecule has 1 N–H and O–H groups in total. The Balaban J connectivity index is 1.52. The van der Waals surface area contributed by atoms with E-state index in [1.165, 1.54) is 11.8 Å². The molecule has 0 spiro atoms. The zero-order valence-electron chi connectivity index (χ0n) is 16.3. The number of fused-ring (bicyclic) bond motifs is 3. The van der Waals surface area contributed by atoms with Crippen LogP contribution in [0.15, 0.2) is 82.1 Å². The minimum atomic E-state index is -0.160. The fraction of sp³-hybridized carbons (Fsp3) is 0.0909. The van der Waals surface area contributed by atoms with Gasteiger partial charge in [0.15, 0.2) is 5.16 Å². The molecule has 3 aromatic heterocycles. The van der Waals surface area contributed by atoms with Gasteiger partial charge in [0.1, 0.15) is 0 Å². The van der Waals surface area contributed by atoms with E-state index in [9.17, 15) is 9.59 Å². The topological polar surface area (TPSA) is 81.3 Å². The summed E-state index contributed by atoms with van der Waals surface area (Å²) in [5, 5.41) is 14.6. The van der Waals surface area contributed by atoms with E-state index in [0.717, 1.165) is 4.88 Å². The third-order valence-electron chi connectivity index (χ3n) is 4.78. The van der Waals surface area contributed by atoms with Gasteiger partial charge in [0, 0.05) is 4.88 Å². The smallest absolute Gasteiger partial charge is 0.267 e. The van der Waals surface area contributed by atoms with Crippen molar-refractivity contribution in [3.8, 4) is 5.69 Å². The van der Waals surface area contributed by atoms with E-state index in [2.05, 4.69) is 15.5 Å². The van der Waals surface area contributed by atoms with E-state index >= 15 is 0 Å². The van der Waals surface area contributed by atoms with E-state index in [1.54, 1.807) is 22.0 Å². The van der Waals surface area contributed by atoms with Crippen molar-refractivity contribution in [3.05, 3.63) is 87.3 Å². The van der Waals surface area contributed by atoms with Crippen molar-refractivity contribution < 1.29 is 4.79 Å². The number of para-hydroxylation sites is 2. The van der Waals surface area contributed by atoms with Crippen molar-refractivity contribution >= 4 is 45.7 Å². The number of nitrogens with zero attached hydrogens (tertiary/aromatic N) is 4. The second-order valence-corrected chi connectivity index (χ2v) is 8.73. The maximum absolute atomic E-state index is 13.2. The average Bonchev–Trinajstić information content (AvgIpc) is 3.47. The lowest BCUT2D eigenvalue weighted by molar-refractivity contribution is -0.118. The standard InChI is InChI=1S/C22H17N5O2S2/c28-19(23-13-16-9-6-12-30-16)14-31-22-25-24-21-26(15-7-2-1-3-8-15)20(29)17-10-4-5-11-18(17)27(21)22/h1-12H,13-14H2,(H,23,28). The molecule has 0 aliphatic carbocycles. The summed E-state index contributed by atoms with van der Waals surface area (Å²) in [6.45, 7) is 0.508. The number of amides is 1. The minimum absolute atomic E-state index is 0.0872. The summed E-state index contributed by atoms with van der Waals surface area (Å²) in [6, 6.07) is 20.7. The Morgan fingerprint density at radius 3 is 2.61 bits per heavy atom. The largest absolute Gasteiger partial charge is 0.350 e. The van der Waals surface area contributed by atoms with Gasteiger partial charge in [-0.1, -0.05) is 48.2 Å². The van der Waals surface area contributed by atoms with E-state index in [4.69, 9.17) is 0 Å². The molecule has 9 heteroatoms. The molecule has 0 fully saturated rings. The van der Waals surface area contributed by atoms with Crippen LogP contribution in [0.5, 0.6) is 0 Å². The van der Waals surface area contributed by atoms with Gasteiger partial charge in [0.2, 0.25) is 11.7 Å². The first-order chi connectivity index (χ1) is 15.2. The summed E-state index contributed by atoms with van der Waals surface area (Å²) in [4.78, 5) is 26.7. The summed E-state index contributed by atoms with van der Waals surface area (Å²) < 4.78 is 3.39. The molecule has 0 radical (unpaired) electrons. The number of carbonyl (C=O) groups is 1. The molecule has 2 aromatic carbocycles. The lowest BCUT2D eigenvalue weighted by atomic mass is 10.2. The number of thiophene rings is 1. The maximum Gasteiger partial charge on any atom is 0.267 e. The van der Waals surface area contributed by atoms with Gasteiger partial charge in [-0.2, -0.15) is 0 Å². The lowest BCUT2D eigenvalue weighted by Gasteiger charge is -2.11. The van der Waals surface area contributed by atoms with Crippen molar-refractivity contribution in [2.24, 2.45) is 0 Å². The first kappa shape index (κ1) is 19.5. The second kappa shape index (κ2) is 8.37. The van der Waals surface area contributed by atoms with Crippen LogP contribution in [0.1, 0.15) is 4.88 Å². The van der Waals surface area contributed by atoms with Gasteiger partial charge in [-0.15, -0.1) is 21.5 Å². The summed E-state index contributed by atoms with van der Waals surface area (Å²) in [5.41, 5.74) is 1.26. The molecule has 1 amide bonds. The monoisotopic (exact) mass is 447 g/mol. The predicted octanol–water partition coefficient (Wildman–Crippen LogP) is 3.50. The molecule has 3 heterocycles.